The second kappa shape index (κ2) is 5.94. The summed E-state index contributed by atoms with van der Waals surface area (Å²) in [5, 5.41) is 0. The molecule has 18 heavy (non-hydrogen) atoms. The van der Waals surface area contributed by atoms with Crippen LogP contribution >= 0.6 is 0 Å². The molecule has 0 spiro atoms. The minimum absolute atomic E-state index is 0.418. The topological polar surface area (TPSA) is 20.3 Å². The first kappa shape index (κ1) is 13.0. The van der Waals surface area contributed by atoms with Crippen LogP contribution in [-0.4, -0.2) is 23.9 Å². The van der Waals surface area contributed by atoms with Gasteiger partial charge in [0.15, 0.2) is 0 Å². The van der Waals surface area contributed by atoms with Gasteiger partial charge in [0.2, 0.25) is 0 Å². The summed E-state index contributed by atoms with van der Waals surface area (Å²) in [5.41, 5.74) is -0.418. The third-order valence-corrected chi connectivity index (χ3v) is 3.32. The van der Waals surface area contributed by atoms with E-state index in [1.807, 2.05) is 0 Å². The lowest BCUT2D eigenvalue weighted by molar-refractivity contribution is 0.0732. The van der Waals surface area contributed by atoms with Crippen molar-refractivity contribution >= 4 is 5.91 Å². The fourth-order valence-corrected chi connectivity index (χ4v) is 2.31. The van der Waals surface area contributed by atoms with Crippen LogP contribution in [0, 0.1) is 11.6 Å². The van der Waals surface area contributed by atoms with Gasteiger partial charge in [0, 0.05) is 13.1 Å². The van der Waals surface area contributed by atoms with Gasteiger partial charge in [-0.3, -0.25) is 4.79 Å². The summed E-state index contributed by atoms with van der Waals surface area (Å²) in [6.45, 7) is 1.18. The average Bonchev–Trinajstić information content (AvgIpc) is 2.27. The minimum atomic E-state index is -0.776. The molecule has 0 aromatic heterocycles. The van der Waals surface area contributed by atoms with Crippen LogP contribution < -0.4 is 0 Å². The molecule has 0 unspecified atom stereocenters. The van der Waals surface area contributed by atoms with Crippen molar-refractivity contribution in [3.63, 3.8) is 0 Å². The summed E-state index contributed by atoms with van der Waals surface area (Å²) in [7, 11) is 0. The van der Waals surface area contributed by atoms with Gasteiger partial charge in [0.05, 0.1) is 0 Å². The van der Waals surface area contributed by atoms with E-state index in [0.717, 1.165) is 37.8 Å². The van der Waals surface area contributed by atoms with Crippen LogP contribution in [0.3, 0.4) is 0 Å². The lowest BCUT2D eigenvalue weighted by Crippen LogP contribution is -2.34. The molecule has 1 aliphatic rings. The van der Waals surface area contributed by atoms with Crippen LogP contribution in [0.5, 0.6) is 0 Å². The molecule has 1 aliphatic heterocycles. The Hall–Kier alpha value is -1.45. The van der Waals surface area contributed by atoms with Crippen molar-refractivity contribution in [2.24, 2.45) is 0 Å². The molecule has 2 rings (SSSR count). The highest BCUT2D eigenvalue weighted by Gasteiger charge is 2.23. The highest BCUT2D eigenvalue weighted by atomic mass is 19.1. The molecule has 1 heterocycles. The maximum Gasteiger partial charge on any atom is 0.259 e. The first-order valence-corrected chi connectivity index (χ1v) is 6.43. The van der Waals surface area contributed by atoms with E-state index in [0.29, 0.717) is 13.1 Å². The van der Waals surface area contributed by atoms with Crippen LogP contribution in [-0.2, 0) is 0 Å². The summed E-state index contributed by atoms with van der Waals surface area (Å²) in [6.07, 6.45) is 5.13. The fourth-order valence-electron chi connectivity index (χ4n) is 2.31. The van der Waals surface area contributed by atoms with E-state index in [9.17, 15) is 13.6 Å². The number of rotatable bonds is 1. The average molecular weight is 253 g/mol. The summed E-state index contributed by atoms with van der Waals surface area (Å²) in [5.74, 6) is -2.07. The number of hydrogen-bond donors (Lipinski definition) is 0. The Morgan fingerprint density at radius 2 is 1.44 bits per heavy atom. The Labute approximate surface area is 106 Å². The van der Waals surface area contributed by atoms with Gasteiger partial charge < -0.3 is 4.90 Å². The third kappa shape index (κ3) is 2.86. The zero-order chi connectivity index (χ0) is 13.0. The molecule has 0 saturated carbocycles. The van der Waals surface area contributed by atoms with Gasteiger partial charge in [-0.15, -0.1) is 0 Å². The normalized spacial score (nSPS) is 17.1. The zero-order valence-corrected chi connectivity index (χ0v) is 10.3. The number of carbonyl (C=O) groups is 1. The molecule has 0 aliphatic carbocycles. The maximum absolute atomic E-state index is 13.6. The number of amides is 1. The van der Waals surface area contributed by atoms with Gasteiger partial charge in [0.25, 0.3) is 5.91 Å². The molecular weight excluding hydrogens is 236 g/mol. The summed E-state index contributed by atoms with van der Waals surface area (Å²) in [4.78, 5) is 13.7. The number of nitrogens with zero attached hydrogens (tertiary/aromatic N) is 1. The van der Waals surface area contributed by atoms with Crippen molar-refractivity contribution in [3.05, 3.63) is 35.4 Å². The number of benzene rings is 1. The second-order valence-electron chi connectivity index (χ2n) is 4.66. The van der Waals surface area contributed by atoms with E-state index in [4.69, 9.17) is 0 Å². The molecule has 4 heteroatoms. The van der Waals surface area contributed by atoms with Gasteiger partial charge in [-0.2, -0.15) is 0 Å². The lowest BCUT2D eigenvalue weighted by Gasteiger charge is -2.25. The van der Waals surface area contributed by atoms with E-state index < -0.39 is 23.1 Å². The van der Waals surface area contributed by atoms with Gasteiger partial charge in [-0.05, 0) is 25.0 Å². The predicted octanol–water partition coefficient (Wildman–Crippen LogP) is 3.37. The van der Waals surface area contributed by atoms with Crippen LogP contribution in [0.2, 0.25) is 0 Å². The third-order valence-electron chi connectivity index (χ3n) is 3.32. The van der Waals surface area contributed by atoms with Crippen molar-refractivity contribution in [3.8, 4) is 0 Å². The second-order valence-corrected chi connectivity index (χ2v) is 4.66. The van der Waals surface area contributed by atoms with E-state index in [1.165, 1.54) is 12.5 Å². The predicted molar refractivity (Wildman–Crippen MR) is 65.3 cm³/mol. The first-order chi connectivity index (χ1) is 8.70. The summed E-state index contributed by atoms with van der Waals surface area (Å²) < 4.78 is 27.1. The molecule has 98 valence electrons. The Morgan fingerprint density at radius 1 is 0.944 bits per heavy atom. The Balaban J connectivity index is 2.18. The highest BCUT2D eigenvalue weighted by Crippen LogP contribution is 2.17. The maximum atomic E-state index is 13.6. The van der Waals surface area contributed by atoms with Crippen molar-refractivity contribution in [1.29, 1.82) is 0 Å². The first-order valence-electron chi connectivity index (χ1n) is 6.43. The number of halogens is 2. The number of likely N-dealkylation sites (tertiary alicyclic amines) is 1. The summed E-state index contributed by atoms with van der Waals surface area (Å²) >= 11 is 0. The van der Waals surface area contributed by atoms with Gasteiger partial charge >= 0.3 is 0 Å². The van der Waals surface area contributed by atoms with Crippen molar-refractivity contribution < 1.29 is 13.6 Å². The fraction of sp³-hybridized carbons (Fsp3) is 0.500. The monoisotopic (exact) mass is 253 g/mol. The Bertz CT molecular complexity index is 406. The standard InChI is InChI=1S/C14H17F2NO/c15-11-7-6-8-12(16)13(11)14(18)17-9-4-2-1-3-5-10-17/h6-8H,1-5,9-10H2. The van der Waals surface area contributed by atoms with Gasteiger partial charge in [0.1, 0.15) is 17.2 Å². The molecule has 0 N–H and O–H groups in total. The molecule has 1 fully saturated rings. The van der Waals surface area contributed by atoms with Crippen LogP contribution in [0.4, 0.5) is 8.78 Å². The van der Waals surface area contributed by atoms with Crippen molar-refractivity contribution in [2.45, 2.75) is 32.1 Å². The van der Waals surface area contributed by atoms with E-state index in [-0.39, 0.29) is 0 Å². The summed E-state index contributed by atoms with van der Waals surface area (Å²) in [6, 6.07) is 3.52. The zero-order valence-electron chi connectivity index (χ0n) is 10.3. The highest BCUT2D eigenvalue weighted by molar-refractivity contribution is 5.94. The Morgan fingerprint density at radius 3 is 2.00 bits per heavy atom. The lowest BCUT2D eigenvalue weighted by atomic mass is 10.1. The quantitative estimate of drug-likeness (QED) is 0.751. The molecule has 2 nitrogen and oxygen atoms in total. The van der Waals surface area contributed by atoms with Crippen LogP contribution in [0.15, 0.2) is 18.2 Å². The molecule has 1 aromatic rings. The van der Waals surface area contributed by atoms with E-state index in [1.54, 1.807) is 4.90 Å². The number of hydrogen-bond acceptors (Lipinski definition) is 1. The molecule has 0 atom stereocenters. The van der Waals surface area contributed by atoms with Crippen molar-refractivity contribution in [1.82, 2.24) is 4.90 Å². The molecule has 1 aromatic carbocycles. The SMILES string of the molecule is O=C(c1c(F)cccc1F)N1CCCCCCC1. The molecule has 0 bridgehead atoms. The van der Waals surface area contributed by atoms with Gasteiger partial charge in [-0.1, -0.05) is 25.3 Å². The molecular formula is C14H17F2NO. The molecule has 1 amide bonds. The number of carbonyl (C=O) groups excluding carboxylic acids is 1. The van der Waals surface area contributed by atoms with Crippen molar-refractivity contribution in [2.75, 3.05) is 13.1 Å². The van der Waals surface area contributed by atoms with Gasteiger partial charge in [-0.25, -0.2) is 8.78 Å². The Kier molecular flexibility index (Phi) is 4.28. The molecule has 0 radical (unpaired) electrons. The van der Waals surface area contributed by atoms with Crippen LogP contribution in [0.25, 0.3) is 0 Å². The molecule has 1 saturated heterocycles. The van der Waals surface area contributed by atoms with E-state index in [2.05, 4.69) is 0 Å². The smallest absolute Gasteiger partial charge is 0.259 e. The largest absolute Gasteiger partial charge is 0.338 e. The minimum Gasteiger partial charge on any atom is -0.338 e. The van der Waals surface area contributed by atoms with Crippen LogP contribution in [0.1, 0.15) is 42.5 Å². The van der Waals surface area contributed by atoms with E-state index >= 15 is 0 Å².